The van der Waals surface area contributed by atoms with Gasteiger partial charge in [0.2, 0.25) is 10.0 Å². The first-order valence-electron chi connectivity index (χ1n) is 7.86. The van der Waals surface area contributed by atoms with Crippen LogP contribution in [0.25, 0.3) is 10.2 Å². The van der Waals surface area contributed by atoms with E-state index in [4.69, 9.17) is 0 Å². The van der Waals surface area contributed by atoms with Gasteiger partial charge in [-0.2, -0.15) is 0 Å². The van der Waals surface area contributed by atoms with Crippen molar-refractivity contribution in [3.8, 4) is 0 Å². The van der Waals surface area contributed by atoms with Crippen molar-refractivity contribution in [2.45, 2.75) is 19.4 Å². The van der Waals surface area contributed by atoms with Crippen molar-refractivity contribution < 1.29 is 8.42 Å². The zero-order chi connectivity index (χ0) is 18.0. The van der Waals surface area contributed by atoms with E-state index in [0.717, 1.165) is 4.88 Å². The molecule has 2 heterocycles. The van der Waals surface area contributed by atoms with Crippen LogP contribution in [-0.4, -0.2) is 30.8 Å². The van der Waals surface area contributed by atoms with Crippen molar-refractivity contribution in [2.75, 3.05) is 12.8 Å². The van der Waals surface area contributed by atoms with Crippen molar-refractivity contribution in [3.05, 3.63) is 63.5 Å². The third-order valence-electron chi connectivity index (χ3n) is 4.18. The van der Waals surface area contributed by atoms with E-state index in [0.29, 0.717) is 10.2 Å². The van der Waals surface area contributed by atoms with Gasteiger partial charge in [0.1, 0.15) is 4.83 Å². The Labute approximate surface area is 150 Å². The minimum Gasteiger partial charge on any atom is -0.298 e. The monoisotopic (exact) mass is 377 g/mol. The molecule has 8 heteroatoms. The largest absolute Gasteiger partial charge is 0.298 e. The zero-order valence-corrected chi connectivity index (χ0v) is 15.6. The molecular weight excluding hydrogens is 358 g/mol. The molecule has 0 bridgehead atoms. The van der Waals surface area contributed by atoms with E-state index in [1.807, 2.05) is 24.3 Å². The van der Waals surface area contributed by atoms with Gasteiger partial charge in [0.05, 0.1) is 17.5 Å². The van der Waals surface area contributed by atoms with Gasteiger partial charge in [-0.25, -0.2) is 18.1 Å². The summed E-state index contributed by atoms with van der Waals surface area (Å²) in [4.78, 5) is 18.7. The summed E-state index contributed by atoms with van der Waals surface area (Å²) in [7, 11) is -2.01. The molecule has 0 spiro atoms. The van der Waals surface area contributed by atoms with Crippen LogP contribution in [0.15, 0.2) is 47.5 Å². The fraction of sp³-hybridized carbons (Fsp3) is 0.294. The molecule has 0 aliphatic rings. The number of aryl methyl sites for hydroxylation is 1. The summed E-state index contributed by atoms with van der Waals surface area (Å²) in [5.74, 6) is 0.00602. The highest BCUT2D eigenvalue weighted by Crippen LogP contribution is 2.32. The topological polar surface area (TPSA) is 81.1 Å². The number of sulfonamides is 1. The third kappa shape index (κ3) is 3.81. The van der Waals surface area contributed by atoms with Crippen LogP contribution in [0.2, 0.25) is 0 Å². The Bertz CT molecular complexity index is 1040. The molecule has 2 aromatic heterocycles. The number of benzene rings is 1. The number of aromatic nitrogens is 2. The fourth-order valence-corrected chi connectivity index (χ4v) is 4.29. The van der Waals surface area contributed by atoms with Gasteiger partial charge in [0.25, 0.3) is 5.56 Å². The lowest BCUT2D eigenvalue weighted by molar-refractivity contribution is 0.579. The zero-order valence-electron chi connectivity index (χ0n) is 14.0. The molecule has 0 saturated heterocycles. The van der Waals surface area contributed by atoms with Crippen molar-refractivity contribution >= 4 is 31.6 Å². The Kier molecular flexibility index (Phi) is 5.03. The third-order valence-corrected chi connectivity index (χ3v) is 6.74. The van der Waals surface area contributed by atoms with Crippen molar-refractivity contribution in [3.63, 3.8) is 0 Å². The van der Waals surface area contributed by atoms with Gasteiger partial charge in [-0.1, -0.05) is 37.3 Å². The second kappa shape index (κ2) is 7.07. The van der Waals surface area contributed by atoms with E-state index < -0.39 is 10.0 Å². The van der Waals surface area contributed by atoms with E-state index in [9.17, 15) is 13.2 Å². The van der Waals surface area contributed by atoms with Gasteiger partial charge >= 0.3 is 0 Å². The van der Waals surface area contributed by atoms with Crippen molar-refractivity contribution in [2.24, 2.45) is 0 Å². The molecule has 1 atom stereocenters. The highest BCUT2D eigenvalue weighted by Gasteiger charge is 2.16. The number of rotatable bonds is 6. The molecule has 3 rings (SSSR count). The van der Waals surface area contributed by atoms with Gasteiger partial charge in [-0.15, -0.1) is 11.3 Å². The maximum absolute atomic E-state index is 12.6. The number of hydrogen-bond acceptors (Lipinski definition) is 5. The quantitative estimate of drug-likeness (QED) is 0.714. The normalized spacial score (nSPS) is 13.2. The standard InChI is InChI=1S/C17H19N3O3S2/c1-12(13-6-4-3-5-7-13)15-10-14-16(24-15)19-11-20(17(14)21)8-9-25(22,23)18-2/h3-7,10-12,18H,8-9H2,1-2H3/t12-/m1/s1. The highest BCUT2D eigenvalue weighted by atomic mass is 32.2. The van der Waals surface area contributed by atoms with Gasteiger partial charge in [0.15, 0.2) is 0 Å². The first-order valence-corrected chi connectivity index (χ1v) is 10.3. The minimum absolute atomic E-state index is 0.0738. The van der Waals surface area contributed by atoms with Crippen LogP contribution in [0.3, 0.4) is 0 Å². The fourth-order valence-electron chi connectivity index (χ4n) is 2.58. The number of hydrogen-bond donors (Lipinski definition) is 1. The molecule has 132 valence electrons. The molecule has 0 aliphatic carbocycles. The molecule has 0 saturated carbocycles. The Morgan fingerprint density at radius 1 is 1.28 bits per heavy atom. The molecule has 1 N–H and O–H groups in total. The Balaban J connectivity index is 1.93. The molecule has 3 aromatic rings. The van der Waals surface area contributed by atoms with Gasteiger partial charge in [0, 0.05) is 17.3 Å². The average Bonchev–Trinajstić information content (AvgIpc) is 3.06. The Morgan fingerprint density at radius 3 is 2.68 bits per heavy atom. The first-order chi connectivity index (χ1) is 11.9. The van der Waals surface area contributed by atoms with Crippen LogP contribution >= 0.6 is 11.3 Å². The van der Waals surface area contributed by atoms with Crippen LogP contribution in [0.1, 0.15) is 23.3 Å². The van der Waals surface area contributed by atoms with Crippen molar-refractivity contribution in [1.29, 1.82) is 0 Å². The Morgan fingerprint density at radius 2 is 2.00 bits per heavy atom. The molecule has 0 amide bonds. The lowest BCUT2D eigenvalue weighted by Crippen LogP contribution is -2.28. The van der Waals surface area contributed by atoms with E-state index in [1.165, 1.54) is 34.8 Å². The molecular formula is C17H19N3O3S2. The van der Waals surface area contributed by atoms with Gasteiger partial charge in [-0.05, 0) is 18.7 Å². The van der Waals surface area contributed by atoms with E-state index in [2.05, 4.69) is 28.8 Å². The molecule has 0 aliphatic heterocycles. The summed E-state index contributed by atoms with van der Waals surface area (Å²) >= 11 is 1.50. The van der Waals surface area contributed by atoms with E-state index in [1.54, 1.807) is 0 Å². The van der Waals surface area contributed by atoms with Crippen LogP contribution < -0.4 is 10.3 Å². The number of thiophene rings is 1. The number of nitrogens with zero attached hydrogens (tertiary/aromatic N) is 2. The second-order valence-electron chi connectivity index (χ2n) is 5.77. The van der Waals surface area contributed by atoms with Crippen molar-refractivity contribution in [1.82, 2.24) is 14.3 Å². The predicted molar refractivity (Wildman–Crippen MR) is 101 cm³/mol. The number of fused-ring (bicyclic) bond motifs is 1. The summed E-state index contributed by atoms with van der Waals surface area (Å²) in [6, 6.07) is 11.9. The highest BCUT2D eigenvalue weighted by molar-refractivity contribution is 7.89. The maximum Gasteiger partial charge on any atom is 0.262 e. The molecule has 0 fully saturated rings. The van der Waals surface area contributed by atoms with E-state index >= 15 is 0 Å². The van der Waals surface area contributed by atoms with Crippen LogP contribution in [0.4, 0.5) is 0 Å². The molecule has 25 heavy (non-hydrogen) atoms. The summed E-state index contributed by atoms with van der Waals surface area (Å²) in [6.07, 6.45) is 1.42. The van der Waals surface area contributed by atoms with Crippen LogP contribution in [0.5, 0.6) is 0 Å². The maximum atomic E-state index is 12.6. The molecule has 1 aromatic carbocycles. The minimum atomic E-state index is -3.37. The molecule has 0 radical (unpaired) electrons. The van der Waals surface area contributed by atoms with Crippen LogP contribution in [-0.2, 0) is 16.6 Å². The summed E-state index contributed by atoms with van der Waals surface area (Å²) in [6.45, 7) is 2.17. The average molecular weight is 377 g/mol. The summed E-state index contributed by atoms with van der Waals surface area (Å²) in [5, 5.41) is 0.534. The summed E-state index contributed by atoms with van der Waals surface area (Å²) in [5.41, 5.74) is 0.966. The van der Waals surface area contributed by atoms with Crippen LogP contribution in [0, 0.1) is 0 Å². The first kappa shape index (κ1) is 17.8. The Hall–Kier alpha value is -2.03. The molecule has 0 unspecified atom stereocenters. The summed E-state index contributed by atoms with van der Waals surface area (Å²) < 4.78 is 26.7. The lowest BCUT2D eigenvalue weighted by atomic mass is 10.00. The smallest absolute Gasteiger partial charge is 0.262 e. The SMILES string of the molecule is CNS(=O)(=O)CCn1cnc2sc([C@H](C)c3ccccc3)cc2c1=O. The predicted octanol–water partition coefficient (Wildman–Crippen LogP) is 2.16. The number of nitrogens with one attached hydrogen (secondary N) is 1. The lowest BCUT2D eigenvalue weighted by Gasteiger charge is -2.08. The van der Waals surface area contributed by atoms with E-state index in [-0.39, 0.29) is 23.8 Å². The molecule has 6 nitrogen and oxygen atoms in total. The van der Waals surface area contributed by atoms with Gasteiger partial charge < -0.3 is 0 Å². The second-order valence-corrected chi connectivity index (χ2v) is 8.87. The van der Waals surface area contributed by atoms with Gasteiger partial charge in [-0.3, -0.25) is 9.36 Å².